The fourth-order valence-electron chi connectivity index (χ4n) is 1.73. The number of benzene rings is 1. The van der Waals surface area contributed by atoms with Gasteiger partial charge in [0.05, 0.1) is 17.6 Å². The lowest BCUT2D eigenvalue weighted by molar-refractivity contribution is 0.107. The number of rotatable bonds is 3. The zero-order valence-corrected chi connectivity index (χ0v) is 12.0. The highest BCUT2D eigenvalue weighted by Gasteiger charge is 2.28. The van der Waals surface area contributed by atoms with Crippen molar-refractivity contribution in [3.63, 3.8) is 0 Å². The quantitative estimate of drug-likeness (QED) is 0.861. The molecule has 1 heterocycles. The summed E-state index contributed by atoms with van der Waals surface area (Å²) in [5.74, 6) is 0. The monoisotopic (exact) mass is 316 g/mol. The minimum atomic E-state index is -3.30. The topological polar surface area (TPSA) is 43.4 Å². The smallest absolute Gasteiger partial charge is 0.200 e. The summed E-state index contributed by atoms with van der Waals surface area (Å²) in [4.78, 5) is 0.356. The van der Waals surface area contributed by atoms with Crippen molar-refractivity contribution >= 4 is 31.3 Å². The molecule has 0 saturated heterocycles. The van der Waals surface area contributed by atoms with Crippen LogP contribution in [0.2, 0.25) is 0 Å². The van der Waals surface area contributed by atoms with E-state index in [1.807, 2.05) is 19.9 Å². The molecule has 0 aromatic heterocycles. The molecule has 0 atom stereocenters. The standard InChI is InChI=1S/C12H13BrO3S/c1-8(2)16-6-9-7-17(14,15)11-5-3-4-10(13)12(9)11/h3-5,7-8H,6H2,1-2H3. The van der Waals surface area contributed by atoms with Gasteiger partial charge in [-0.15, -0.1) is 0 Å². The maximum atomic E-state index is 11.9. The molecule has 1 aliphatic heterocycles. The second kappa shape index (κ2) is 4.55. The molecule has 1 aromatic rings. The highest BCUT2D eigenvalue weighted by atomic mass is 79.9. The summed E-state index contributed by atoms with van der Waals surface area (Å²) >= 11 is 3.39. The van der Waals surface area contributed by atoms with Crippen molar-refractivity contribution in [1.82, 2.24) is 0 Å². The number of fused-ring (bicyclic) bond motifs is 1. The largest absolute Gasteiger partial charge is 0.374 e. The predicted molar refractivity (Wildman–Crippen MR) is 70.4 cm³/mol. The zero-order valence-electron chi connectivity index (χ0n) is 9.60. The molecule has 3 nitrogen and oxygen atoms in total. The lowest BCUT2D eigenvalue weighted by atomic mass is 10.1. The summed E-state index contributed by atoms with van der Waals surface area (Å²) in [6.07, 6.45) is 0.0742. The van der Waals surface area contributed by atoms with Gasteiger partial charge in [-0.1, -0.05) is 22.0 Å². The lowest BCUT2D eigenvalue weighted by Crippen LogP contribution is -2.05. The van der Waals surface area contributed by atoms with Crippen molar-refractivity contribution < 1.29 is 13.2 Å². The van der Waals surface area contributed by atoms with Crippen molar-refractivity contribution in [3.8, 4) is 0 Å². The van der Waals surface area contributed by atoms with Crippen LogP contribution in [0.4, 0.5) is 0 Å². The van der Waals surface area contributed by atoms with E-state index in [9.17, 15) is 8.42 Å². The van der Waals surface area contributed by atoms with Crippen LogP contribution in [0.1, 0.15) is 19.4 Å². The predicted octanol–water partition coefficient (Wildman–Crippen LogP) is 3.00. The van der Waals surface area contributed by atoms with Gasteiger partial charge in [0.1, 0.15) is 0 Å². The highest BCUT2D eigenvalue weighted by Crippen LogP contribution is 2.38. The van der Waals surface area contributed by atoms with E-state index in [0.717, 1.165) is 10.0 Å². The summed E-state index contributed by atoms with van der Waals surface area (Å²) in [5.41, 5.74) is 1.44. The van der Waals surface area contributed by atoms with Crippen LogP contribution in [0.25, 0.3) is 5.57 Å². The van der Waals surface area contributed by atoms with E-state index in [0.29, 0.717) is 17.1 Å². The van der Waals surface area contributed by atoms with Gasteiger partial charge in [-0.05, 0) is 31.6 Å². The third-order valence-corrected chi connectivity index (χ3v) is 4.68. The van der Waals surface area contributed by atoms with Gasteiger partial charge in [0.15, 0.2) is 0 Å². The third kappa shape index (κ3) is 2.46. The summed E-state index contributed by atoms with van der Waals surface area (Å²) in [6, 6.07) is 5.18. The number of halogens is 1. The molecule has 0 fully saturated rings. The molecule has 0 aliphatic carbocycles. The normalized spacial score (nSPS) is 17.1. The van der Waals surface area contributed by atoms with Gasteiger partial charge in [-0.3, -0.25) is 0 Å². The highest BCUT2D eigenvalue weighted by molar-refractivity contribution is 9.10. The lowest BCUT2D eigenvalue weighted by Gasteiger charge is -2.10. The summed E-state index contributed by atoms with van der Waals surface area (Å²) < 4.78 is 30.1. The summed E-state index contributed by atoms with van der Waals surface area (Å²) in [7, 11) is -3.30. The Morgan fingerprint density at radius 2 is 2.06 bits per heavy atom. The van der Waals surface area contributed by atoms with Crippen molar-refractivity contribution in [2.45, 2.75) is 24.8 Å². The maximum absolute atomic E-state index is 11.9. The average Bonchev–Trinajstić information content (AvgIpc) is 2.49. The number of hydrogen-bond donors (Lipinski definition) is 0. The molecule has 0 amide bonds. The van der Waals surface area contributed by atoms with Crippen molar-refractivity contribution in [2.75, 3.05) is 6.61 Å². The van der Waals surface area contributed by atoms with Crippen LogP contribution >= 0.6 is 15.9 Å². The minimum Gasteiger partial charge on any atom is -0.374 e. The molecular weight excluding hydrogens is 304 g/mol. The van der Waals surface area contributed by atoms with Crippen LogP contribution in [0.3, 0.4) is 0 Å². The van der Waals surface area contributed by atoms with Crippen molar-refractivity contribution in [2.24, 2.45) is 0 Å². The van der Waals surface area contributed by atoms with Crippen LogP contribution in [0, 0.1) is 0 Å². The molecule has 0 spiro atoms. The maximum Gasteiger partial charge on any atom is 0.200 e. The van der Waals surface area contributed by atoms with E-state index < -0.39 is 9.84 Å². The fraction of sp³-hybridized carbons (Fsp3) is 0.333. The Morgan fingerprint density at radius 3 is 2.71 bits per heavy atom. The van der Waals surface area contributed by atoms with Gasteiger partial charge < -0.3 is 4.74 Å². The van der Waals surface area contributed by atoms with Gasteiger partial charge in [0.2, 0.25) is 9.84 Å². The first-order valence-corrected chi connectivity index (χ1v) is 7.62. The Labute approximate surface area is 110 Å². The molecule has 0 bridgehead atoms. The zero-order chi connectivity index (χ0) is 12.6. The second-order valence-corrected chi connectivity index (χ2v) is 6.78. The number of sulfone groups is 1. The van der Waals surface area contributed by atoms with Crippen molar-refractivity contribution in [1.29, 1.82) is 0 Å². The van der Waals surface area contributed by atoms with E-state index in [2.05, 4.69) is 15.9 Å². The first-order chi connectivity index (χ1) is 7.92. The molecule has 1 aromatic carbocycles. The Hall–Kier alpha value is -0.650. The van der Waals surface area contributed by atoms with E-state index in [-0.39, 0.29) is 6.10 Å². The first kappa shape index (κ1) is 12.8. The van der Waals surface area contributed by atoms with Crippen LogP contribution < -0.4 is 0 Å². The average molecular weight is 317 g/mol. The Kier molecular flexibility index (Phi) is 3.43. The van der Waals surface area contributed by atoms with E-state index in [4.69, 9.17) is 4.74 Å². The van der Waals surface area contributed by atoms with E-state index in [1.165, 1.54) is 5.41 Å². The van der Waals surface area contributed by atoms with Crippen LogP contribution in [0.15, 0.2) is 33.0 Å². The molecule has 2 rings (SSSR count). The molecule has 0 N–H and O–H groups in total. The van der Waals surface area contributed by atoms with Gasteiger partial charge in [0.25, 0.3) is 0 Å². The van der Waals surface area contributed by atoms with Crippen molar-refractivity contribution in [3.05, 3.63) is 33.6 Å². The molecule has 0 saturated carbocycles. The van der Waals surface area contributed by atoms with E-state index >= 15 is 0 Å². The third-order valence-electron chi connectivity index (χ3n) is 2.47. The SMILES string of the molecule is CC(C)OCC1=CS(=O)(=O)c2cccc(Br)c21. The molecular formula is C12H13BrO3S. The summed E-state index contributed by atoms with van der Waals surface area (Å²) in [6.45, 7) is 4.16. The van der Waals surface area contributed by atoms with Crippen LogP contribution in [-0.4, -0.2) is 21.1 Å². The van der Waals surface area contributed by atoms with Gasteiger partial charge in [-0.25, -0.2) is 8.42 Å². The minimum absolute atomic E-state index is 0.0742. The molecule has 92 valence electrons. The molecule has 5 heteroatoms. The molecule has 0 unspecified atom stereocenters. The summed E-state index contributed by atoms with van der Waals surface area (Å²) in [5, 5.41) is 1.30. The van der Waals surface area contributed by atoms with Gasteiger partial charge in [-0.2, -0.15) is 0 Å². The number of ether oxygens (including phenoxy) is 1. The van der Waals surface area contributed by atoms with E-state index in [1.54, 1.807) is 12.1 Å². The molecule has 0 radical (unpaired) electrons. The van der Waals surface area contributed by atoms with Crippen LogP contribution in [0.5, 0.6) is 0 Å². The fourth-order valence-corrected chi connectivity index (χ4v) is 3.96. The first-order valence-electron chi connectivity index (χ1n) is 5.28. The number of hydrogen-bond acceptors (Lipinski definition) is 3. The Bertz CT molecular complexity index is 573. The van der Waals surface area contributed by atoms with Gasteiger partial charge >= 0.3 is 0 Å². The molecule has 17 heavy (non-hydrogen) atoms. The van der Waals surface area contributed by atoms with Gasteiger partial charge in [0, 0.05) is 15.4 Å². The Morgan fingerprint density at radius 1 is 1.35 bits per heavy atom. The Balaban J connectivity index is 2.45. The second-order valence-electron chi connectivity index (χ2n) is 4.16. The molecule has 1 aliphatic rings. The van der Waals surface area contributed by atoms with Crippen LogP contribution in [-0.2, 0) is 14.6 Å².